The first-order chi connectivity index (χ1) is 15.1. The number of nitrogens with zero attached hydrogens (tertiary/aromatic N) is 3. The molecule has 2 aromatic carbocycles. The summed E-state index contributed by atoms with van der Waals surface area (Å²) in [4.78, 5) is 11.3. The molecule has 0 aliphatic carbocycles. The maximum atomic E-state index is 13.2. The zero-order chi connectivity index (χ0) is 21.6. The van der Waals surface area contributed by atoms with Crippen LogP contribution < -0.4 is 4.74 Å². The van der Waals surface area contributed by atoms with Gasteiger partial charge >= 0.3 is 0 Å². The maximum absolute atomic E-state index is 13.2. The van der Waals surface area contributed by atoms with E-state index >= 15 is 0 Å². The number of aryl methyl sites for hydroxylation is 1. The van der Waals surface area contributed by atoms with E-state index in [0.717, 1.165) is 49.3 Å². The highest BCUT2D eigenvalue weighted by Crippen LogP contribution is 2.23. The fraction of sp³-hybridized carbons (Fsp3) is 0.280. The number of benzene rings is 2. The molecular formula is C25H25F2N3O. The summed E-state index contributed by atoms with van der Waals surface area (Å²) in [5.74, 6) is 0.573. The Morgan fingerprint density at radius 3 is 2.26 bits per heavy atom. The lowest BCUT2D eigenvalue weighted by molar-refractivity contribution is 0.243. The van der Waals surface area contributed by atoms with Gasteiger partial charge in [0.05, 0.1) is 6.61 Å². The third-order valence-electron chi connectivity index (χ3n) is 5.31. The highest BCUT2D eigenvalue weighted by atomic mass is 19.1. The fourth-order valence-electron chi connectivity index (χ4n) is 3.65. The average Bonchev–Trinajstić information content (AvgIpc) is 2.78. The molecule has 0 spiro atoms. The topological polar surface area (TPSA) is 38.2 Å². The van der Waals surface area contributed by atoms with Crippen LogP contribution in [0.3, 0.4) is 0 Å². The molecule has 0 saturated carbocycles. The molecule has 0 atom stereocenters. The summed E-state index contributed by atoms with van der Waals surface area (Å²) in [6.45, 7) is 5.24. The summed E-state index contributed by atoms with van der Waals surface area (Å²) in [7, 11) is 0. The van der Waals surface area contributed by atoms with Gasteiger partial charge in [0.1, 0.15) is 11.6 Å². The Balaban J connectivity index is 1.27. The van der Waals surface area contributed by atoms with E-state index in [-0.39, 0.29) is 11.6 Å². The normalized spacial score (nSPS) is 14.4. The van der Waals surface area contributed by atoms with Crippen molar-refractivity contribution in [3.8, 4) is 17.3 Å². The summed E-state index contributed by atoms with van der Waals surface area (Å²) < 4.78 is 32.1. The molecule has 0 fully saturated rings. The van der Waals surface area contributed by atoms with Crippen molar-refractivity contribution in [2.24, 2.45) is 0 Å². The minimum atomic E-state index is -0.287. The molecule has 2 heterocycles. The molecule has 0 saturated heterocycles. The van der Waals surface area contributed by atoms with Crippen molar-refractivity contribution in [2.45, 2.75) is 19.8 Å². The van der Waals surface area contributed by atoms with Crippen molar-refractivity contribution < 1.29 is 13.5 Å². The Hall–Kier alpha value is -3.12. The summed E-state index contributed by atoms with van der Waals surface area (Å²) in [6.07, 6.45) is 4.06. The number of ether oxygens (including phenoxy) is 1. The van der Waals surface area contributed by atoms with Crippen LogP contribution in [0.1, 0.15) is 24.1 Å². The number of rotatable bonds is 7. The van der Waals surface area contributed by atoms with Gasteiger partial charge in [-0.3, -0.25) is 4.90 Å². The smallest absolute Gasteiger partial charge is 0.217 e. The van der Waals surface area contributed by atoms with Gasteiger partial charge in [-0.25, -0.2) is 13.8 Å². The van der Waals surface area contributed by atoms with Crippen LogP contribution in [0.2, 0.25) is 0 Å². The van der Waals surface area contributed by atoms with Gasteiger partial charge in [0.25, 0.3) is 0 Å². The maximum Gasteiger partial charge on any atom is 0.217 e. The number of hydrogen-bond acceptors (Lipinski definition) is 4. The van der Waals surface area contributed by atoms with Crippen molar-refractivity contribution in [3.63, 3.8) is 0 Å². The lowest BCUT2D eigenvalue weighted by atomic mass is 9.99. The Morgan fingerprint density at radius 1 is 0.935 bits per heavy atom. The molecule has 0 amide bonds. The van der Waals surface area contributed by atoms with Crippen LogP contribution in [0.15, 0.2) is 60.7 Å². The molecule has 0 bridgehead atoms. The van der Waals surface area contributed by atoms with Gasteiger partial charge in [0, 0.05) is 37.0 Å². The van der Waals surface area contributed by atoms with E-state index in [2.05, 4.69) is 20.9 Å². The van der Waals surface area contributed by atoms with Gasteiger partial charge < -0.3 is 4.74 Å². The molecule has 4 rings (SSSR count). The zero-order valence-corrected chi connectivity index (χ0v) is 17.5. The van der Waals surface area contributed by atoms with Crippen LogP contribution in [0, 0.1) is 18.6 Å². The second-order valence-electron chi connectivity index (χ2n) is 7.67. The fourth-order valence-corrected chi connectivity index (χ4v) is 3.65. The van der Waals surface area contributed by atoms with Crippen LogP contribution in [-0.4, -0.2) is 41.1 Å². The van der Waals surface area contributed by atoms with E-state index < -0.39 is 0 Å². The quantitative estimate of drug-likeness (QED) is 0.486. The molecule has 0 unspecified atom stereocenters. The Labute approximate surface area is 181 Å². The first-order valence-electron chi connectivity index (χ1n) is 10.5. The number of hydrogen-bond donors (Lipinski definition) is 0. The predicted molar refractivity (Wildman–Crippen MR) is 118 cm³/mol. The first kappa shape index (κ1) is 21.1. The van der Waals surface area contributed by atoms with E-state index in [9.17, 15) is 8.78 Å². The second-order valence-corrected chi connectivity index (χ2v) is 7.67. The summed E-state index contributed by atoms with van der Waals surface area (Å²) in [5.41, 5.74) is 3.93. The molecule has 0 radical (unpaired) electrons. The van der Waals surface area contributed by atoms with Crippen LogP contribution in [0.25, 0.3) is 17.0 Å². The summed E-state index contributed by atoms with van der Waals surface area (Å²) >= 11 is 0. The number of aromatic nitrogens is 2. The molecule has 31 heavy (non-hydrogen) atoms. The first-order valence-corrected chi connectivity index (χ1v) is 10.5. The van der Waals surface area contributed by atoms with Crippen molar-refractivity contribution in [2.75, 3.05) is 26.2 Å². The van der Waals surface area contributed by atoms with E-state index in [1.807, 2.05) is 25.1 Å². The Bertz CT molecular complexity index is 1050. The molecule has 1 aliphatic heterocycles. The lowest BCUT2D eigenvalue weighted by Gasteiger charge is -2.26. The largest absolute Gasteiger partial charge is 0.478 e. The van der Waals surface area contributed by atoms with Crippen LogP contribution in [0.4, 0.5) is 8.78 Å². The predicted octanol–water partition coefficient (Wildman–Crippen LogP) is 5.29. The highest BCUT2D eigenvalue weighted by Gasteiger charge is 2.13. The van der Waals surface area contributed by atoms with E-state index in [0.29, 0.717) is 18.3 Å². The molecule has 1 aliphatic rings. The van der Waals surface area contributed by atoms with E-state index in [1.165, 1.54) is 29.8 Å². The zero-order valence-electron chi connectivity index (χ0n) is 17.5. The number of halogens is 2. The van der Waals surface area contributed by atoms with Crippen molar-refractivity contribution >= 4 is 5.57 Å². The molecular weight excluding hydrogens is 396 g/mol. The van der Waals surface area contributed by atoms with Gasteiger partial charge in [-0.05, 0) is 67.3 Å². The molecule has 1 aromatic heterocycles. The Kier molecular flexibility index (Phi) is 6.67. The lowest BCUT2D eigenvalue weighted by Crippen LogP contribution is -2.30. The molecule has 6 heteroatoms. The average molecular weight is 421 g/mol. The summed E-state index contributed by atoms with van der Waals surface area (Å²) in [5, 5.41) is 0. The molecule has 160 valence electrons. The Morgan fingerprint density at radius 2 is 1.61 bits per heavy atom. The minimum Gasteiger partial charge on any atom is -0.478 e. The summed E-state index contributed by atoms with van der Waals surface area (Å²) in [6, 6.07) is 14.6. The van der Waals surface area contributed by atoms with E-state index in [1.54, 1.807) is 12.1 Å². The second kappa shape index (κ2) is 9.79. The highest BCUT2D eigenvalue weighted by molar-refractivity contribution is 5.66. The van der Waals surface area contributed by atoms with Crippen LogP contribution in [0.5, 0.6) is 5.88 Å². The van der Waals surface area contributed by atoms with Gasteiger partial charge in [0.2, 0.25) is 5.88 Å². The van der Waals surface area contributed by atoms with Crippen molar-refractivity contribution in [3.05, 3.63) is 83.6 Å². The van der Waals surface area contributed by atoms with Gasteiger partial charge in [-0.2, -0.15) is 4.98 Å². The third kappa shape index (κ3) is 5.73. The molecule has 3 aromatic rings. The molecule has 0 N–H and O–H groups in total. The minimum absolute atomic E-state index is 0.203. The monoisotopic (exact) mass is 421 g/mol. The van der Waals surface area contributed by atoms with Crippen LogP contribution >= 0.6 is 0 Å². The van der Waals surface area contributed by atoms with E-state index in [4.69, 9.17) is 4.74 Å². The SMILES string of the molecule is Cc1cc(OCCCN2CC=C(c3ccc(F)cc3)CC2)nc(-c2ccc(F)cc2)n1. The van der Waals surface area contributed by atoms with Crippen molar-refractivity contribution in [1.82, 2.24) is 14.9 Å². The molecule has 4 nitrogen and oxygen atoms in total. The standard InChI is InChI=1S/C25H25F2N3O/c1-18-17-24(29-25(28-18)21-5-9-23(27)10-6-21)31-16-2-13-30-14-11-20(12-15-30)19-3-7-22(26)8-4-19/h3-11,17H,2,12-16H2,1H3. The third-order valence-corrected chi connectivity index (χ3v) is 5.31. The van der Waals surface area contributed by atoms with Gasteiger partial charge in [-0.15, -0.1) is 0 Å². The van der Waals surface area contributed by atoms with Gasteiger partial charge in [-0.1, -0.05) is 18.2 Å². The van der Waals surface area contributed by atoms with Crippen LogP contribution in [-0.2, 0) is 0 Å². The van der Waals surface area contributed by atoms with Crippen molar-refractivity contribution in [1.29, 1.82) is 0 Å². The van der Waals surface area contributed by atoms with Gasteiger partial charge in [0.15, 0.2) is 5.82 Å².